The summed E-state index contributed by atoms with van der Waals surface area (Å²) >= 11 is 6.03. The molecule has 0 radical (unpaired) electrons. The zero-order valence-corrected chi connectivity index (χ0v) is 11.4. The van der Waals surface area contributed by atoms with Crippen LogP contribution in [0.2, 0.25) is 5.15 Å². The van der Waals surface area contributed by atoms with E-state index in [1.54, 1.807) is 6.34 Å². The fourth-order valence-corrected chi connectivity index (χ4v) is 1.93. The number of halogens is 1. The van der Waals surface area contributed by atoms with Crippen molar-refractivity contribution in [3.63, 3.8) is 0 Å². The highest BCUT2D eigenvalue weighted by molar-refractivity contribution is 6.33. The topological polar surface area (TPSA) is 70.1 Å². The Morgan fingerprint density at radius 2 is 2.05 bits per heavy atom. The molecule has 1 N–H and O–H groups in total. The van der Waals surface area contributed by atoms with E-state index in [-0.39, 0.29) is 5.95 Å². The molecule has 0 unspecified atom stereocenters. The van der Waals surface area contributed by atoms with Gasteiger partial charge in [-0.15, -0.1) is 0 Å². The molecule has 0 aliphatic heterocycles. The average molecular weight is 287 g/mol. The van der Waals surface area contributed by atoms with E-state index in [9.17, 15) is 0 Å². The molecule has 0 bridgehead atoms. The minimum atomic E-state index is 0.275. The van der Waals surface area contributed by atoms with E-state index in [0.29, 0.717) is 16.3 Å². The van der Waals surface area contributed by atoms with Crippen molar-refractivity contribution in [2.75, 3.05) is 11.9 Å². The molecule has 2 aromatic heterocycles. The largest absolute Gasteiger partial charge is 0.341 e. The first-order valence-electron chi connectivity index (χ1n) is 5.93. The maximum absolute atomic E-state index is 6.03. The van der Waals surface area contributed by atoms with Gasteiger partial charge in [-0.05, 0) is 12.1 Å². The predicted octanol–water partition coefficient (Wildman–Crippen LogP) is 2.80. The van der Waals surface area contributed by atoms with E-state index < -0.39 is 0 Å². The zero-order chi connectivity index (χ0) is 13.9. The van der Waals surface area contributed by atoms with Crippen LogP contribution in [0.1, 0.15) is 0 Å². The van der Waals surface area contributed by atoms with Gasteiger partial charge in [-0.3, -0.25) is 0 Å². The third-order valence-electron chi connectivity index (χ3n) is 2.74. The second kappa shape index (κ2) is 5.26. The van der Waals surface area contributed by atoms with Crippen molar-refractivity contribution in [2.24, 2.45) is 4.99 Å². The molecule has 0 aliphatic rings. The molecule has 100 valence electrons. The standard InChI is InChI=1S/C13H11ClN6/c1-20(9-5-3-2-4-6-9)8-17-13-18-11(14)10-12(19-13)16-7-15-10/h2-8H,1H3,(H,15,16,18,19). The lowest BCUT2D eigenvalue weighted by atomic mass is 10.3. The minimum absolute atomic E-state index is 0.275. The van der Waals surface area contributed by atoms with Crippen LogP contribution in [0.3, 0.4) is 0 Å². The Bertz CT molecular complexity index is 752. The Morgan fingerprint density at radius 3 is 2.85 bits per heavy atom. The predicted molar refractivity (Wildman–Crippen MR) is 79.7 cm³/mol. The van der Waals surface area contributed by atoms with Crippen LogP contribution < -0.4 is 4.90 Å². The number of nitrogens with one attached hydrogen (secondary N) is 1. The highest BCUT2D eigenvalue weighted by atomic mass is 35.5. The number of H-pyrrole nitrogens is 1. The fourth-order valence-electron chi connectivity index (χ4n) is 1.71. The van der Waals surface area contributed by atoms with E-state index >= 15 is 0 Å². The first-order chi connectivity index (χ1) is 9.74. The number of nitrogens with zero attached hydrogens (tertiary/aromatic N) is 5. The summed E-state index contributed by atoms with van der Waals surface area (Å²) in [7, 11) is 1.90. The summed E-state index contributed by atoms with van der Waals surface area (Å²) in [5.41, 5.74) is 2.13. The Morgan fingerprint density at radius 1 is 1.25 bits per heavy atom. The van der Waals surface area contributed by atoms with Gasteiger partial charge in [-0.25, -0.2) is 9.98 Å². The average Bonchev–Trinajstić information content (AvgIpc) is 2.94. The number of aromatic nitrogens is 4. The van der Waals surface area contributed by atoms with Crippen molar-refractivity contribution in [1.29, 1.82) is 0 Å². The second-order valence-corrected chi connectivity index (χ2v) is 4.46. The van der Waals surface area contributed by atoms with Gasteiger partial charge in [0.2, 0.25) is 0 Å². The van der Waals surface area contributed by atoms with Gasteiger partial charge in [0.25, 0.3) is 5.95 Å². The number of para-hydroxylation sites is 1. The Labute approximate surface area is 120 Å². The van der Waals surface area contributed by atoms with Gasteiger partial charge in [-0.2, -0.15) is 9.97 Å². The molecule has 20 heavy (non-hydrogen) atoms. The maximum atomic E-state index is 6.03. The number of rotatable bonds is 3. The zero-order valence-electron chi connectivity index (χ0n) is 10.7. The third-order valence-corrected chi connectivity index (χ3v) is 3.01. The molecular formula is C13H11ClN6. The second-order valence-electron chi connectivity index (χ2n) is 4.11. The van der Waals surface area contributed by atoms with Crippen molar-refractivity contribution in [3.8, 4) is 0 Å². The highest BCUT2D eigenvalue weighted by Crippen LogP contribution is 2.19. The lowest BCUT2D eigenvalue weighted by Crippen LogP contribution is -2.13. The molecule has 0 fully saturated rings. The monoisotopic (exact) mass is 286 g/mol. The van der Waals surface area contributed by atoms with Gasteiger partial charge in [0.1, 0.15) is 5.52 Å². The van der Waals surface area contributed by atoms with Gasteiger partial charge in [0.15, 0.2) is 10.8 Å². The molecule has 7 heteroatoms. The molecule has 0 spiro atoms. The number of imidazole rings is 1. The molecule has 3 rings (SSSR count). The number of aromatic amines is 1. The Balaban J connectivity index is 1.87. The van der Waals surface area contributed by atoms with Crippen LogP contribution >= 0.6 is 11.6 Å². The van der Waals surface area contributed by atoms with E-state index in [1.165, 1.54) is 6.33 Å². The summed E-state index contributed by atoms with van der Waals surface area (Å²) in [6.07, 6.45) is 3.16. The summed E-state index contributed by atoms with van der Waals surface area (Å²) < 4.78 is 0. The van der Waals surface area contributed by atoms with Gasteiger partial charge >= 0.3 is 0 Å². The van der Waals surface area contributed by atoms with E-state index in [4.69, 9.17) is 11.6 Å². The van der Waals surface area contributed by atoms with Gasteiger partial charge in [-0.1, -0.05) is 29.8 Å². The van der Waals surface area contributed by atoms with Crippen molar-refractivity contribution < 1.29 is 0 Å². The SMILES string of the molecule is CN(C=Nc1nc(Cl)c2[nH]cnc2n1)c1ccccc1. The molecule has 2 heterocycles. The van der Waals surface area contributed by atoms with Crippen LogP contribution in [0.15, 0.2) is 41.7 Å². The van der Waals surface area contributed by atoms with Crippen molar-refractivity contribution in [3.05, 3.63) is 41.8 Å². The van der Waals surface area contributed by atoms with E-state index in [2.05, 4.69) is 24.9 Å². The van der Waals surface area contributed by atoms with Crippen molar-refractivity contribution >= 4 is 40.7 Å². The van der Waals surface area contributed by atoms with Gasteiger partial charge < -0.3 is 9.88 Å². The highest BCUT2D eigenvalue weighted by Gasteiger charge is 2.06. The molecule has 3 aromatic rings. The van der Waals surface area contributed by atoms with Crippen LogP contribution in [0, 0.1) is 0 Å². The summed E-state index contributed by atoms with van der Waals surface area (Å²) in [4.78, 5) is 21.3. The number of hydrogen-bond donors (Lipinski definition) is 1. The van der Waals surface area contributed by atoms with Crippen molar-refractivity contribution in [1.82, 2.24) is 19.9 Å². The molecule has 0 amide bonds. The summed E-state index contributed by atoms with van der Waals surface area (Å²) in [6.45, 7) is 0. The van der Waals surface area contributed by atoms with Crippen LogP contribution in [0.4, 0.5) is 11.6 Å². The van der Waals surface area contributed by atoms with Gasteiger partial charge in [0, 0.05) is 12.7 Å². The first-order valence-corrected chi connectivity index (χ1v) is 6.30. The molecule has 0 saturated heterocycles. The minimum Gasteiger partial charge on any atom is -0.341 e. The number of aliphatic imine (C=N–C) groups is 1. The summed E-state index contributed by atoms with van der Waals surface area (Å²) in [5, 5.41) is 0.307. The first kappa shape index (κ1) is 12.6. The lowest BCUT2D eigenvalue weighted by Gasteiger charge is -2.12. The number of anilines is 1. The van der Waals surface area contributed by atoms with E-state index in [1.807, 2.05) is 42.3 Å². The van der Waals surface area contributed by atoms with Crippen LogP contribution in [-0.2, 0) is 0 Å². The van der Waals surface area contributed by atoms with E-state index in [0.717, 1.165) is 5.69 Å². The Kier molecular flexibility index (Phi) is 3.30. The fraction of sp³-hybridized carbons (Fsp3) is 0.0769. The Hall–Kier alpha value is -2.47. The summed E-state index contributed by atoms with van der Waals surface area (Å²) in [6, 6.07) is 9.85. The quantitative estimate of drug-likeness (QED) is 0.457. The third kappa shape index (κ3) is 2.46. The molecule has 6 nitrogen and oxygen atoms in total. The molecule has 0 atom stereocenters. The molecule has 0 aliphatic carbocycles. The summed E-state index contributed by atoms with van der Waals surface area (Å²) in [5.74, 6) is 0.275. The molecule has 0 saturated carbocycles. The lowest BCUT2D eigenvalue weighted by molar-refractivity contribution is 1.15. The molecular weight excluding hydrogens is 276 g/mol. The smallest absolute Gasteiger partial charge is 0.254 e. The van der Waals surface area contributed by atoms with Crippen LogP contribution in [-0.4, -0.2) is 33.3 Å². The number of fused-ring (bicyclic) bond motifs is 1. The van der Waals surface area contributed by atoms with Gasteiger partial charge in [0.05, 0.1) is 12.7 Å². The molecule has 1 aromatic carbocycles. The van der Waals surface area contributed by atoms with Crippen LogP contribution in [0.5, 0.6) is 0 Å². The maximum Gasteiger partial charge on any atom is 0.254 e. The van der Waals surface area contributed by atoms with Crippen LogP contribution in [0.25, 0.3) is 11.2 Å². The van der Waals surface area contributed by atoms with Crippen molar-refractivity contribution in [2.45, 2.75) is 0 Å². The normalized spacial score (nSPS) is 11.3. The number of hydrogen-bond acceptors (Lipinski definition) is 4. The number of benzene rings is 1.